The van der Waals surface area contributed by atoms with Gasteiger partial charge in [0.1, 0.15) is 0 Å². The van der Waals surface area contributed by atoms with Crippen LogP contribution in [-0.2, 0) is 48.3 Å². The summed E-state index contributed by atoms with van der Waals surface area (Å²) < 4.78 is 33.5. The molecule has 0 aliphatic heterocycles. The van der Waals surface area contributed by atoms with Gasteiger partial charge in [-0.2, -0.15) is 0 Å². The Morgan fingerprint density at radius 1 is 0.378 bits per heavy atom. The van der Waals surface area contributed by atoms with E-state index in [-0.39, 0.29) is 58.3 Å². The Balaban J connectivity index is -0.000000179. The quantitative estimate of drug-likeness (QED) is 0.0974. The molecule has 0 amide bonds. The third kappa shape index (κ3) is 37.4. The summed E-state index contributed by atoms with van der Waals surface area (Å²) >= 11 is 0. The zero-order valence-electron chi connectivity index (χ0n) is 32.0. The Hall–Kier alpha value is 0.748. The smallest absolute Gasteiger partial charge is 0.396 e. The average molecular weight is 725 g/mol. The third-order valence-electron chi connectivity index (χ3n) is 6.28. The second-order valence-corrected chi connectivity index (χ2v) is 15.7. The van der Waals surface area contributed by atoms with Crippen molar-refractivity contribution in [3.05, 3.63) is 0 Å². The summed E-state index contributed by atoms with van der Waals surface area (Å²) in [6.45, 7) is 32.0. The molecule has 0 fully saturated rings. The van der Waals surface area contributed by atoms with Crippen LogP contribution in [0.4, 0.5) is 0 Å². The van der Waals surface area contributed by atoms with E-state index in [1.165, 1.54) is 0 Å². The predicted molar refractivity (Wildman–Crippen MR) is 185 cm³/mol. The van der Waals surface area contributed by atoms with Gasteiger partial charge in [-0.25, -0.2) is 0 Å². The maximum Gasteiger partial charge on any atom is 0.677 e. The number of aliphatic hydroxyl groups excluding tert-OH is 2. The number of hydrogen-bond donors (Lipinski definition) is 4. The second kappa shape index (κ2) is 33.3. The van der Waals surface area contributed by atoms with Gasteiger partial charge in [0.05, 0.1) is 0 Å². The van der Waals surface area contributed by atoms with Crippen LogP contribution in [0.5, 0.6) is 0 Å². The monoisotopic (exact) mass is 724 g/mol. The first kappa shape index (κ1) is 55.2. The van der Waals surface area contributed by atoms with Gasteiger partial charge in [0.2, 0.25) is 0 Å². The maximum absolute atomic E-state index is 10.4. The Kier molecular flexibility index (Phi) is 40.8. The van der Waals surface area contributed by atoms with Crippen LogP contribution in [-0.4, -0.2) is 87.7 Å². The van der Waals surface area contributed by atoms with Crippen LogP contribution in [0.1, 0.15) is 149 Å². The van der Waals surface area contributed by atoms with E-state index in [4.69, 9.17) is 36.8 Å². The van der Waals surface area contributed by atoms with Crippen molar-refractivity contribution in [2.45, 2.75) is 186 Å². The molecule has 0 saturated carbocycles. The molecule has 0 radical (unpaired) electrons. The number of aliphatic hydroxyl groups is 2. The Morgan fingerprint density at radius 3 is 0.556 bits per heavy atom. The van der Waals surface area contributed by atoms with Crippen LogP contribution < -0.4 is 0 Å². The normalized spacial score (nSPS) is 17.7. The molecule has 0 aromatic rings. The van der Waals surface area contributed by atoms with Gasteiger partial charge in [-0.3, -0.25) is 0 Å². The first-order valence-corrected chi connectivity index (χ1v) is 20.3. The molecule has 0 aromatic heterocycles. The molecule has 0 aliphatic rings. The van der Waals surface area contributed by atoms with E-state index in [0.29, 0.717) is 25.0 Å². The fourth-order valence-electron chi connectivity index (χ4n) is 2.19. The Labute approximate surface area is 296 Å². The molecule has 13 heteroatoms. The van der Waals surface area contributed by atoms with Crippen LogP contribution >= 0.6 is 0 Å². The van der Waals surface area contributed by atoms with Crippen molar-refractivity contribution in [1.29, 1.82) is 0 Å². The molecular weight excluding hydrogens is 648 g/mol. The van der Waals surface area contributed by atoms with Crippen molar-refractivity contribution in [2.24, 2.45) is 11.8 Å². The van der Waals surface area contributed by atoms with Crippen molar-refractivity contribution < 1.29 is 68.1 Å². The van der Waals surface area contributed by atoms with E-state index in [0.717, 1.165) is 38.5 Å². The van der Waals surface area contributed by atoms with Gasteiger partial charge in [-0.05, 0) is 91.9 Å². The summed E-state index contributed by atoms with van der Waals surface area (Å²) in [4.78, 5) is 20.8. The van der Waals surface area contributed by atoms with Crippen molar-refractivity contribution in [3.8, 4) is 0 Å². The van der Waals surface area contributed by atoms with Crippen LogP contribution in [0, 0.1) is 11.8 Å². The summed E-state index contributed by atoms with van der Waals surface area (Å²) in [5.41, 5.74) is 0. The van der Waals surface area contributed by atoms with Gasteiger partial charge < -0.3 is 46.4 Å². The fourth-order valence-corrected chi connectivity index (χ4v) is 6.58. The molecule has 0 spiro atoms. The standard InChI is InChI=1S/2C12H28O4Si.2C4H10O.Ti/c2*1-7-10(4)14-17(13,15-11(5)8-2)16-12(6)9-3;2*1-4(2)3-5;/h2*10-13H,7-9H2,1-6H3;2*4-5H,3H2,1-2H3;. The second-order valence-electron chi connectivity index (χ2n) is 12.2. The van der Waals surface area contributed by atoms with Gasteiger partial charge in [-0.1, -0.05) is 69.2 Å². The average Bonchev–Trinajstić information content (AvgIpc) is 2.96. The molecule has 0 rings (SSSR count). The SMILES string of the molecule is CC(C)CO.CC(C)CO.CCC(C)O[Si](O)(OC(C)CC)OC(C)CC.CCC(C)O[Si](O)(OC(C)CC)OC(C)CC.[Ti]. The van der Waals surface area contributed by atoms with Crippen LogP contribution in [0.3, 0.4) is 0 Å². The molecule has 0 saturated heterocycles. The van der Waals surface area contributed by atoms with E-state index >= 15 is 0 Å². The van der Waals surface area contributed by atoms with Crippen LogP contribution in [0.25, 0.3) is 0 Å². The molecule has 6 unspecified atom stereocenters. The van der Waals surface area contributed by atoms with Crippen LogP contribution in [0.15, 0.2) is 0 Å². The Morgan fingerprint density at radius 2 is 0.489 bits per heavy atom. The largest absolute Gasteiger partial charge is 0.677 e. The van der Waals surface area contributed by atoms with Gasteiger partial charge in [0, 0.05) is 71.6 Å². The van der Waals surface area contributed by atoms with Crippen molar-refractivity contribution >= 4 is 18.1 Å². The number of rotatable bonds is 20. The molecule has 6 atom stereocenters. The maximum atomic E-state index is 10.4. The summed E-state index contributed by atoms with van der Waals surface area (Å²) in [5.74, 6) is 0.880. The molecule has 0 heterocycles. The minimum atomic E-state index is -3.50. The molecule has 0 bridgehead atoms. The molecule has 0 aliphatic carbocycles. The van der Waals surface area contributed by atoms with E-state index in [2.05, 4.69) is 0 Å². The first-order valence-electron chi connectivity index (χ1n) is 17.0. The van der Waals surface area contributed by atoms with Gasteiger partial charge in [0.25, 0.3) is 0 Å². The van der Waals surface area contributed by atoms with E-state index < -0.39 is 18.1 Å². The minimum Gasteiger partial charge on any atom is -0.396 e. The predicted octanol–water partition coefficient (Wildman–Crippen LogP) is 6.99. The zero-order valence-corrected chi connectivity index (χ0v) is 35.6. The molecular formula is C32H76O10Si2Ti. The molecule has 10 nitrogen and oxygen atoms in total. The van der Waals surface area contributed by atoms with E-state index in [1.807, 2.05) is 111 Å². The summed E-state index contributed by atoms with van der Waals surface area (Å²) in [5, 5.41) is 16.3. The Bertz CT molecular complexity index is 496. The zero-order chi connectivity index (χ0) is 35.5. The number of hydrogen-bond acceptors (Lipinski definition) is 10. The van der Waals surface area contributed by atoms with E-state index in [1.54, 1.807) is 0 Å². The summed E-state index contributed by atoms with van der Waals surface area (Å²) in [6, 6.07) is 0. The van der Waals surface area contributed by atoms with Crippen LogP contribution in [0.2, 0.25) is 0 Å². The topological polar surface area (TPSA) is 136 Å². The summed E-state index contributed by atoms with van der Waals surface area (Å²) in [7, 11) is -7.00. The first-order chi connectivity index (χ1) is 20.3. The molecule has 0 aromatic carbocycles. The van der Waals surface area contributed by atoms with Crippen molar-refractivity contribution in [2.75, 3.05) is 13.2 Å². The molecule has 4 N–H and O–H groups in total. The fraction of sp³-hybridized carbons (Fsp3) is 1.00. The van der Waals surface area contributed by atoms with Crippen molar-refractivity contribution in [3.63, 3.8) is 0 Å². The van der Waals surface area contributed by atoms with Gasteiger partial charge in [0.15, 0.2) is 0 Å². The van der Waals surface area contributed by atoms with Gasteiger partial charge in [-0.15, -0.1) is 0 Å². The van der Waals surface area contributed by atoms with Crippen molar-refractivity contribution in [1.82, 2.24) is 0 Å². The molecule has 276 valence electrons. The van der Waals surface area contributed by atoms with Gasteiger partial charge >= 0.3 is 18.1 Å². The van der Waals surface area contributed by atoms with E-state index in [9.17, 15) is 9.59 Å². The third-order valence-corrected chi connectivity index (χ3v) is 10.5. The summed E-state index contributed by atoms with van der Waals surface area (Å²) in [6.07, 6.45) is 4.60. The minimum absolute atomic E-state index is 0. The molecule has 45 heavy (non-hydrogen) atoms.